The molecule has 0 bridgehead atoms. The molecule has 0 radical (unpaired) electrons. The number of ether oxygens (including phenoxy) is 3. The van der Waals surface area contributed by atoms with Crippen molar-refractivity contribution >= 4 is 34.0 Å². The van der Waals surface area contributed by atoms with Crippen molar-refractivity contribution in [2.45, 2.75) is 73.5 Å². The van der Waals surface area contributed by atoms with E-state index in [1.165, 1.54) is 12.7 Å². The molecule has 3 aromatic carbocycles. The van der Waals surface area contributed by atoms with Crippen LogP contribution in [-0.4, -0.2) is 89.8 Å². The van der Waals surface area contributed by atoms with Crippen molar-refractivity contribution in [3.8, 4) is 22.3 Å². The van der Waals surface area contributed by atoms with E-state index in [-0.39, 0.29) is 18.1 Å². The number of aromatic nitrogens is 4. The van der Waals surface area contributed by atoms with Gasteiger partial charge in [-0.05, 0) is 89.1 Å². The Morgan fingerprint density at radius 3 is 1.21 bits per heavy atom. The molecule has 4 unspecified atom stereocenters. The van der Waals surface area contributed by atoms with Crippen LogP contribution in [0.2, 0.25) is 0 Å². The maximum absolute atomic E-state index is 10.8. The molecule has 0 amide bonds. The standard InChI is InChI=1S/2C16H16N4O2.C12H13BrN2O2/c2*17-15-20-16(8-22-15)5-4-12-11(10-6-18-9-19-7-10)2-1-3-13(12)14(16)21;13-9-3-1-2-8-7(9)4-5-12(10(8)16)6-17-11(14)15-12/h2*1-3,6-7,9,14,21H,4-5,8H2,(H2,17,20);1-3,10,16H,4-6H2,(H2,14,15)/t2*14?,16-;/m10./s1. The molecular weight excluding hydrogens is 844 g/mol. The average Bonchev–Trinajstić information content (AvgIpc) is 3.99. The number of aliphatic imine (C=N–C) groups is 3. The number of fused-ring (bicyclic) bond motifs is 3. The molecule has 11 rings (SSSR count). The van der Waals surface area contributed by atoms with E-state index in [0.29, 0.717) is 32.7 Å². The Morgan fingerprint density at radius 2 is 0.852 bits per heavy atom. The fourth-order valence-corrected chi connectivity index (χ4v) is 9.93. The number of aliphatic hydroxyl groups excluding tert-OH is 3. The Balaban J connectivity index is 0.000000118. The van der Waals surface area contributed by atoms with E-state index in [1.807, 2.05) is 54.6 Å². The highest BCUT2D eigenvalue weighted by Gasteiger charge is 2.49. The molecule has 5 aromatic rings. The summed E-state index contributed by atoms with van der Waals surface area (Å²) in [5, 5.41) is 32.1. The third-order valence-corrected chi connectivity index (χ3v) is 13.3. The number of nitrogens with two attached hydrogens (primary N) is 3. The van der Waals surface area contributed by atoms with Gasteiger partial charge in [-0.25, -0.2) is 34.9 Å². The maximum atomic E-state index is 10.8. The van der Waals surface area contributed by atoms with Crippen molar-refractivity contribution in [2.75, 3.05) is 19.8 Å². The van der Waals surface area contributed by atoms with Crippen LogP contribution < -0.4 is 17.2 Å². The summed E-state index contributed by atoms with van der Waals surface area (Å²) >= 11 is 3.52. The second-order valence-corrected chi connectivity index (χ2v) is 16.9. The van der Waals surface area contributed by atoms with Crippen LogP contribution in [0.1, 0.15) is 71.0 Å². The normalized spacial score (nSPS) is 27.7. The van der Waals surface area contributed by atoms with Gasteiger partial charge in [-0.2, -0.15) is 0 Å². The summed E-state index contributed by atoms with van der Waals surface area (Å²) in [5.74, 6) is 0. The molecule has 6 atom stereocenters. The van der Waals surface area contributed by atoms with Gasteiger partial charge in [0.15, 0.2) is 0 Å². The smallest absolute Gasteiger partial charge is 0.282 e. The highest BCUT2D eigenvalue weighted by atomic mass is 79.9. The Hall–Kier alpha value is -6.01. The van der Waals surface area contributed by atoms with Gasteiger partial charge >= 0.3 is 0 Å². The average molecular weight is 890 g/mol. The second-order valence-electron chi connectivity index (χ2n) is 16.0. The minimum atomic E-state index is -0.720. The predicted molar refractivity (Wildman–Crippen MR) is 230 cm³/mol. The quantitative estimate of drug-likeness (QED) is 0.147. The van der Waals surface area contributed by atoms with E-state index in [1.54, 1.807) is 24.8 Å². The highest BCUT2D eigenvalue weighted by molar-refractivity contribution is 9.10. The van der Waals surface area contributed by atoms with Crippen LogP contribution in [0, 0.1) is 0 Å². The lowest BCUT2D eigenvalue weighted by Crippen LogP contribution is -2.40. The summed E-state index contributed by atoms with van der Waals surface area (Å²) < 4.78 is 16.8. The van der Waals surface area contributed by atoms with E-state index in [2.05, 4.69) is 50.8 Å². The molecule has 2 aromatic heterocycles. The zero-order chi connectivity index (χ0) is 42.4. The molecule has 314 valence electrons. The fraction of sp³-hybridized carbons (Fsp3) is 0.341. The summed E-state index contributed by atoms with van der Waals surface area (Å²) in [4.78, 5) is 29.3. The van der Waals surface area contributed by atoms with Crippen LogP contribution in [0.4, 0.5) is 0 Å². The molecule has 6 aliphatic rings. The van der Waals surface area contributed by atoms with Crippen LogP contribution in [0.25, 0.3) is 22.3 Å². The molecule has 16 nitrogen and oxygen atoms in total. The first-order valence-electron chi connectivity index (χ1n) is 20.0. The van der Waals surface area contributed by atoms with Crippen molar-refractivity contribution in [3.63, 3.8) is 0 Å². The number of aliphatic hydroxyl groups is 3. The largest absolute Gasteiger partial charge is 0.463 e. The Labute approximate surface area is 359 Å². The minimum absolute atomic E-state index is 0.162. The van der Waals surface area contributed by atoms with Crippen molar-refractivity contribution < 1.29 is 29.5 Å². The first-order chi connectivity index (χ1) is 29.5. The lowest BCUT2D eigenvalue weighted by Gasteiger charge is -2.36. The number of rotatable bonds is 2. The first-order valence-corrected chi connectivity index (χ1v) is 20.8. The third-order valence-electron chi connectivity index (χ3n) is 12.6. The Kier molecular flexibility index (Phi) is 10.7. The maximum Gasteiger partial charge on any atom is 0.282 e. The second kappa shape index (κ2) is 16.1. The van der Waals surface area contributed by atoms with Gasteiger partial charge in [0.1, 0.15) is 67.4 Å². The Bertz CT molecular complexity index is 2420. The topological polar surface area (TPSA) is 255 Å². The van der Waals surface area contributed by atoms with Gasteiger partial charge in [0.25, 0.3) is 18.1 Å². The fourth-order valence-electron chi connectivity index (χ4n) is 9.35. The molecule has 0 fully saturated rings. The van der Waals surface area contributed by atoms with Gasteiger partial charge in [0.05, 0.1) is 0 Å². The van der Waals surface area contributed by atoms with Crippen molar-refractivity contribution in [1.82, 2.24) is 19.9 Å². The highest BCUT2D eigenvalue weighted by Crippen LogP contribution is 2.47. The van der Waals surface area contributed by atoms with Gasteiger partial charge in [0, 0.05) is 40.4 Å². The molecule has 0 saturated heterocycles. The van der Waals surface area contributed by atoms with Crippen LogP contribution in [-0.2, 0) is 33.5 Å². The number of amidine groups is 3. The summed E-state index contributed by atoms with van der Waals surface area (Å²) in [5.41, 5.74) is 25.1. The predicted octanol–water partition coefficient (Wildman–Crippen LogP) is 3.93. The zero-order valence-electron chi connectivity index (χ0n) is 33.1. The van der Waals surface area contributed by atoms with Crippen LogP contribution in [0.15, 0.2) is 111 Å². The van der Waals surface area contributed by atoms with E-state index in [0.717, 1.165) is 85.8 Å². The summed E-state index contributed by atoms with van der Waals surface area (Å²) in [6, 6.07) is 18.2. The summed E-state index contributed by atoms with van der Waals surface area (Å²) in [6.07, 6.45) is 12.7. The summed E-state index contributed by atoms with van der Waals surface area (Å²) in [7, 11) is 0. The van der Waals surface area contributed by atoms with Crippen molar-refractivity contribution in [3.05, 3.63) is 130 Å². The van der Waals surface area contributed by atoms with Gasteiger partial charge in [-0.1, -0.05) is 64.5 Å². The number of hydrogen-bond acceptors (Lipinski definition) is 16. The molecule has 3 aliphatic heterocycles. The van der Waals surface area contributed by atoms with E-state index in [9.17, 15) is 15.3 Å². The van der Waals surface area contributed by atoms with Crippen LogP contribution in [0.3, 0.4) is 0 Å². The van der Waals surface area contributed by atoms with Gasteiger partial charge < -0.3 is 46.7 Å². The molecule has 9 N–H and O–H groups in total. The number of hydrogen-bond donors (Lipinski definition) is 6. The van der Waals surface area contributed by atoms with Crippen molar-refractivity contribution in [2.24, 2.45) is 32.2 Å². The Morgan fingerprint density at radius 1 is 0.508 bits per heavy atom. The van der Waals surface area contributed by atoms with Gasteiger partial charge in [-0.15, -0.1) is 0 Å². The lowest BCUT2D eigenvalue weighted by atomic mass is 9.74. The molecular formula is C44H45BrN10O6. The molecule has 5 heterocycles. The first kappa shape index (κ1) is 40.4. The lowest BCUT2D eigenvalue weighted by molar-refractivity contribution is 0.0520. The SMILES string of the molecule is NC1=NC2(CCc3c(Br)cccc3C2O)CO1.NC1=N[C@@]2(CCc3c(-c4cncnc4)cccc3C2O)CO1.NC1=N[C@]2(CCc3c(-c4cncnc4)cccc3C2O)CO1. The summed E-state index contributed by atoms with van der Waals surface area (Å²) in [6.45, 7) is 1.03. The monoisotopic (exact) mass is 888 g/mol. The van der Waals surface area contributed by atoms with E-state index >= 15 is 0 Å². The van der Waals surface area contributed by atoms with Crippen molar-refractivity contribution in [1.29, 1.82) is 0 Å². The van der Waals surface area contributed by atoms with Gasteiger partial charge in [-0.3, -0.25) is 0 Å². The molecule has 61 heavy (non-hydrogen) atoms. The number of benzene rings is 3. The van der Waals surface area contributed by atoms with E-state index < -0.39 is 34.9 Å². The van der Waals surface area contributed by atoms with Crippen LogP contribution in [0.5, 0.6) is 0 Å². The molecule has 3 spiro atoms. The zero-order valence-corrected chi connectivity index (χ0v) is 34.6. The minimum Gasteiger partial charge on any atom is -0.463 e. The third kappa shape index (κ3) is 7.34. The number of halogens is 1. The molecule has 0 saturated carbocycles. The number of nitrogens with zero attached hydrogens (tertiary/aromatic N) is 7. The molecule has 17 heteroatoms. The van der Waals surface area contributed by atoms with E-state index in [4.69, 9.17) is 31.4 Å². The molecule has 3 aliphatic carbocycles. The van der Waals surface area contributed by atoms with Gasteiger partial charge in [0.2, 0.25) is 0 Å². The van der Waals surface area contributed by atoms with Crippen LogP contribution >= 0.6 is 15.9 Å².